The summed E-state index contributed by atoms with van der Waals surface area (Å²) in [4.78, 5) is 22.9. The summed E-state index contributed by atoms with van der Waals surface area (Å²) in [5.74, 6) is -1.79. The zero-order chi connectivity index (χ0) is 17.0. The lowest BCUT2D eigenvalue weighted by Gasteiger charge is -2.11. The number of para-hydroxylation sites is 1. The molecule has 0 atom stereocenters. The van der Waals surface area contributed by atoms with Crippen molar-refractivity contribution in [3.8, 4) is 11.5 Å². The Balaban J connectivity index is 2.06. The Morgan fingerprint density at radius 1 is 1.17 bits per heavy atom. The lowest BCUT2D eigenvalue weighted by Crippen LogP contribution is -2.19. The number of carbonyl (C=O) groups excluding carboxylic acids is 1. The Hall–Kier alpha value is -1.76. The molecule has 0 bridgehead atoms. The van der Waals surface area contributed by atoms with E-state index < -0.39 is 18.5 Å². The second-order valence-corrected chi connectivity index (χ2v) is 5.96. The SMILES string of the molecule is O=C(COc1c(Cl)cc(Cl)cc1Br)Oc1ccccc1C(=O)O. The molecule has 2 aromatic carbocycles. The summed E-state index contributed by atoms with van der Waals surface area (Å²) < 4.78 is 10.8. The Morgan fingerprint density at radius 3 is 2.52 bits per heavy atom. The molecule has 0 spiro atoms. The smallest absolute Gasteiger partial charge is 0.349 e. The summed E-state index contributed by atoms with van der Waals surface area (Å²) in [6.07, 6.45) is 0. The summed E-state index contributed by atoms with van der Waals surface area (Å²) in [6.45, 7) is -0.450. The minimum Gasteiger partial charge on any atom is -0.479 e. The molecular formula is C15H9BrCl2O5. The van der Waals surface area contributed by atoms with E-state index in [1.54, 1.807) is 12.1 Å². The van der Waals surface area contributed by atoms with Gasteiger partial charge < -0.3 is 14.6 Å². The second kappa shape index (κ2) is 7.68. The van der Waals surface area contributed by atoms with Gasteiger partial charge in [-0.25, -0.2) is 9.59 Å². The molecule has 0 fully saturated rings. The number of carbonyl (C=O) groups is 2. The van der Waals surface area contributed by atoms with Crippen molar-refractivity contribution in [2.45, 2.75) is 0 Å². The van der Waals surface area contributed by atoms with Gasteiger partial charge in [-0.1, -0.05) is 35.3 Å². The van der Waals surface area contributed by atoms with Crippen LogP contribution >= 0.6 is 39.1 Å². The molecule has 2 aromatic rings. The summed E-state index contributed by atoms with van der Waals surface area (Å²) in [5.41, 5.74) is -0.119. The molecule has 0 heterocycles. The third kappa shape index (κ3) is 4.60. The van der Waals surface area contributed by atoms with Gasteiger partial charge in [0.25, 0.3) is 0 Å². The Labute approximate surface area is 149 Å². The maximum atomic E-state index is 11.8. The van der Waals surface area contributed by atoms with E-state index in [0.717, 1.165) is 0 Å². The van der Waals surface area contributed by atoms with Crippen molar-refractivity contribution in [1.29, 1.82) is 0 Å². The van der Waals surface area contributed by atoms with Gasteiger partial charge in [-0.15, -0.1) is 0 Å². The van der Waals surface area contributed by atoms with Crippen LogP contribution in [0.5, 0.6) is 11.5 Å². The van der Waals surface area contributed by atoms with E-state index in [1.165, 1.54) is 24.3 Å². The van der Waals surface area contributed by atoms with E-state index in [2.05, 4.69) is 15.9 Å². The summed E-state index contributed by atoms with van der Waals surface area (Å²) in [7, 11) is 0. The molecule has 1 N–H and O–H groups in total. The quantitative estimate of drug-likeness (QED) is 0.572. The van der Waals surface area contributed by atoms with Crippen molar-refractivity contribution in [3.05, 3.63) is 56.5 Å². The molecule has 2 rings (SSSR count). The van der Waals surface area contributed by atoms with Gasteiger partial charge >= 0.3 is 11.9 Å². The molecule has 0 aromatic heterocycles. The van der Waals surface area contributed by atoms with Crippen LogP contribution in [0.15, 0.2) is 40.9 Å². The Kier molecular flexibility index (Phi) is 5.87. The fourth-order valence-corrected chi connectivity index (χ4v) is 3.05. The number of hydrogen-bond donors (Lipinski definition) is 1. The zero-order valence-corrected chi connectivity index (χ0v) is 14.5. The lowest BCUT2D eigenvalue weighted by atomic mass is 10.2. The normalized spacial score (nSPS) is 10.2. The highest BCUT2D eigenvalue weighted by Crippen LogP contribution is 2.36. The van der Waals surface area contributed by atoms with Gasteiger partial charge in [-0.05, 0) is 40.2 Å². The van der Waals surface area contributed by atoms with Gasteiger partial charge in [-0.2, -0.15) is 0 Å². The van der Waals surface area contributed by atoms with Crippen molar-refractivity contribution in [1.82, 2.24) is 0 Å². The number of rotatable bonds is 5. The first-order valence-electron chi connectivity index (χ1n) is 6.19. The number of hydrogen-bond acceptors (Lipinski definition) is 4. The number of aromatic carboxylic acids is 1. The second-order valence-electron chi connectivity index (χ2n) is 4.26. The van der Waals surface area contributed by atoms with Gasteiger partial charge in [0.15, 0.2) is 12.4 Å². The first kappa shape index (κ1) is 17.6. The minimum atomic E-state index is -1.20. The van der Waals surface area contributed by atoms with Gasteiger partial charge in [0.1, 0.15) is 11.3 Å². The number of carboxylic acid groups (broad SMARTS) is 1. The van der Waals surface area contributed by atoms with Crippen LogP contribution in [-0.4, -0.2) is 23.7 Å². The van der Waals surface area contributed by atoms with Crippen molar-refractivity contribution >= 4 is 51.1 Å². The molecule has 8 heteroatoms. The molecule has 120 valence electrons. The fraction of sp³-hybridized carbons (Fsp3) is 0.0667. The average Bonchev–Trinajstić information content (AvgIpc) is 2.46. The van der Waals surface area contributed by atoms with Crippen LogP contribution in [0.4, 0.5) is 0 Å². The van der Waals surface area contributed by atoms with E-state index in [1.807, 2.05) is 0 Å². The van der Waals surface area contributed by atoms with Gasteiger partial charge in [-0.3, -0.25) is 0 Å². The Bertz CT molecular complexity index is 740. The van der Waals surface area contributed by atoms with Crippen LogP contribution < -0.4 is 9.47 Å². The summed E-state index contributed by atoms with van der Waals surface area (Å²) in [6, 6.07) is 8.83. The molecule has 0 aliphatic carbocycles. The first-order chi connectivity index (χ1) is 10.9. The minimum absolute atomic E-state index is 0.0603. The highest BCUT2D eigenvalue weighted by molar-refractivity contribution is 9.10. The standard InChI is InChI=1S/C15H9BrCl2O5/c16-10-5-8(17)6-11(18)14(10)22-7-13(19)23-12-4-2-1-3-9(12)15(20)21/h1-6H,7H2,(H,20,21). The van der Waals surface area contributed by atoms with Crippen LogP contribution in [-0.2, 0) is 4.79 Å². The molecule has 23 heavy (non-hydrogen) atoms. The van der Waals surface area contributed by atoms with Crippen LogP contribution in [0.3, 0.4) is 0 Å². The topological polar surface area (TPSA) is 72.8 Å². The number of ether oxygens (including phenoxy) is 2. The molecule has 0 aliphatic heterocycles. The van der Waals surface area contributed by atoms with Crippen molar-refractivity contribution < 1.29 is 24.2 Å². The van der Waals surface area contributed by atoms with Crippen molar-refractivity contribution in [2.24, 2.45) is 0 Å². The lowest BCUT2D eigenvalue weighted by molar-refractivity contribution is -0.136. The molecule has 0 aliphatic rings. The van der Waals surface area contributed by atoms with Crippen LogP contribution in [0.2, 0.25) is 10.0 Å². The fourth-order valence-electron chi connectivity index (χ4n) is 1.68. The largest absolute Gasteiger partial charge is 0.479 e. The monoisotopic (exact) mass is 418 g/mol. The van der Waals surface area contributed by atoms with Gasteiger partial charge in [0.2, 0.25) is 0 Å². The zero-order valence-electron chi connectivity index (χ0n) is 11.4. The predicted octanol–water partition coefficient (Wildman–Crippen LogP) is 4.44. The highest BCUT2D eigenvalue weighted by atomic mass is 79.9. The molecule has 0 radical (unpaired) electrons. The molecule has 0 saturated heterocycles. The van der Waals surface area contributed by atoms with Gasteiger partial charge in [0, 0.05) is 5.02 Å². The summed E-state index contributed by atoms with van der Waals surface area (Å²) >= 11 is 15.0. The third-order valence-corrected chi connectivity index (χ3v) is 3.73. The first-order valence-corrected chi connectivity index (χ1v) is 7.73. The van der Waals surface area contributed by atoms with E-state index in [-0.39, 0.29) is 22.1 Å². The van der Waals surface area contributed by atoms with Crippen LogP contribution in [0, 0.1) is 0 Å². The van der Waals surface area contributed by atoms with Crippen molar-refractivity contribution in [2.75, 3.05) is 6.61 Å². The molecule has 0 unspecified atom stereocenters. The maximum Gasteiger partial charge on any atom is 0.349 e. The molecule has 5 nitrogen and oxygen atoms in total. The third-order valence-electron chi connectivity index (χ3n) is 2.64. The number of benzene rings is 2. The predicted molar refractivity (Wildman–Crippen MR) is 88.7 cm³/mol. The van der Waals surface area contributed by atoms with Gasteiger partial charge in [0.05, 0.1) is 9.50 Å². The number of halogens is 3. The van der Waals surface area contributed by atoms with Crippen LogP contribution in [0.25, 0.3) is 0 Å². The number of esters is 1. The molecular weight excluding hydrogens is 411 g/mol. The molecule has 0 saturated carbocycles. The number of carboxylic acids is 1. The van der Waals surface area contributed by atoms with E-state index >= 15 is 0 Å². The van der Waals surface area contributed by atoms with Crippen LogP contribution in [0.1, 0.15) is 10.4 Å². The maximum absolute atomic E-state index is 11.8. The summed E-state index contributed by atoms with van der Waals surface area (Å²) in [5, 5.41) is 9.66. The van der Waals surface area contributed by atoms with E-state index in [0.29, 0.717) is 9.50 Å². The molecule has 0 amide bonds. The van der Waals surface area contributed by atoms with E-state index in [9.17, 15) is 9.59 Å². The van der Waals surface area contributed by atoms with Crippen molar-refractivity contribution in [3.63, 3.8) is 0 Å². The Morgan fingerprint density at radius 2 is 1.87 bits per heavy atom. The highest BCUT2D eigenvalue weighted by Gasteiger charge is 2.16. The average molecular weight is 420 g/mol. The van der Waals surface area contributed by atoms with E-state index in [4.69, 9.17) is 37.8 Å².